The molecule has 2 amide bonds. The smallest absolute Gasteiger partial charge is 0.227 e. The van der Waals surface area contributed by atoms with Crippen molar-refractivity contribution in [2.75, 3.05) is 11.1 Å². The van der Waals surface area contributed by atoms with Crippen LogP contribution in [0.3, 0.4) is 0 Å². The van der Waals surface area contributed by atoms with Crippen LogP contribution in [0.5, 0.6) is 0 Å². The topological polar surface area (TPSA) is 72.2 Å². The first-order valence-corrected chi connectivity index (χ1v) is 4.93. The number of carbonyl (C=O) groups is 2. The lowest BCUT2D eigenvalue weighted by atomic mass is 10.3. The average Bonchev–Trinajstić information content (AvgIpc) is 2.17. The van der Waals surface area contributed by atoms with E-state index in [9.17, 15) is 9.59 Å². The summed E-state index contributed by atoms with van der Waals surface area (Å²) in [6.07, 6.45) is 0.601. The van der Waals surface area contributed by atoms with Crippen molar-refractivity contribution in [3.63, 3.8) is 0 Å². The van der Waals surface area contributed by atoms with Gasteiger partial charge in [0.25, 0.3) is 0 Å². The van der Waals surface area contributed by atoms with Crippen LogP contribution in [0.1, 0.15) is 0 Å². The van der Waals surface area contributed by atoms with E-state index in [0.29, 0.717) is 12.1 Å². The van der Waals surface area contributed by atoms with Gasteiger partial charge in [-0.15, -0.1) is 11.8 Å². The van der Waals surface area contributed by atoms with Crippen molar-refractivity contribution in [2.24, 2.45) is 5.73 Å². The highest BCUT2D eigenvalue weighted by molar-refractivity contribution is 8.00. The standard InChI is InChI=1S/C9H10N2O2S/c10-9(13)5-14-8-4-2-1-3-7(8)11-6-12/h1-4,6H,5H2,(H2,10,13)(H,11,12). The van der Waals surface area contributed by atoms with Gasteiger partial charge in [0.15, 0.2) is 0 Å². The van der Waals surface area contributed by atoms with Gasteiger partial charge in [0.1, 0.15) is 0 Å². The number of benzene rings is 1. The number of amides is 2. The molecule has 0 atom stereocenters. The fourth-order valence-corrected chi connectivity index (χ4v) is 1.68. The molecule has 0 aliphatic heterocycles. The van der Waals surface area contributed by atoms with Gasteiger partial charge >= 0.3 is 0 Å². The zero-order valence-electron chi connectivity index (χ0n) is 7.40. The van der Waals surface area contributed by atoms with E-state index < -0.39 is 0 Å². The maximum atomic E-state index is 10.6. The van der Waals surface area contributed by atoms with Crippen LogP contribution in [0, 0.1) is 0 Å². The number of nitrogens with one attached hydrogen (secondary N) is 1. The van der Waals surface area contributed by atoms with Crippen LogP contribution in [0.2, 0.25) is 0 Å². The maximum Gasteiger partial charge on any atom is 0.227 e. The first-order chi connectivity index (χ1) is 6.74. The normalized spacial score (nSPS) is 9.43. The number of rotatable bonds is 5. The SMILES string of the molecule is NC(=O)CSc1ccccc1NC=O. The van der Waals surface area contributed by atoms with Crippen LogP contribution in [0.25, 0.3) is 0 Å². The molecule has 0 aromatic heterocycles. The lowest BCUT2D eigenvalue weighted by molar-refractivity contribution is -0.115. The van der Waals surface area contributed by atoms with Crippen molar-refractivity contribution in [1.29, 1.82) is 0 Å². The highest BCUT2D eigenvalue weighted by atomic mass is 32.2. The predicted molar refractivity (Wildman–Crippen MR) is 56.0 cm³/mol. The largest absolute Gasteiger partial charge is 0.369 e. The van der Waals surface area contributed by atoms with Crippen LogP contribution in [-0.2, 0) is 9.59 Å². The maximum absolute atomic E-state index is 10.6. The molecule has 14 heavy (non-hydrogen) atoms. The molecule has 0 bridgehead atoms. The molecular weight excluding hydrogens is 200 g/mol. The second kappa shape index (κ2) is 5.29. The third-order valence-corrected chi connectivity index (χ3v) is 2.57. The summed E-state index contributed by atoms with van der Waals surface area (Å²) in [7, 11) is 0. The Morgan fingerprint density at radius 3 is 2.86 bits per heavy atom. The van der Waals surface area contributed by atoms with Crippen molar-refractivity contribution in [1.82, 2.24) is 0 Å². The molecule has 0 spiro atoms. The third kappa shape index (κ3) is 3.10. The monoisotopic (exact) mass is 210 g/mol. The summed E-state index contributed by atoms with van der Waals surface area (Å²) in [5, 5.41) is 2.55. The summed E-state index contributed by atoms with van der Waals surface area (Å²) >= 11 is 1.30. The minimum Gasteiger partial charge on any atom is -0.369 e. The van der Waals surface area contributed by atoms with E-state index in [0.717, 1.165) is 4.90 Å². The van der Waals surface area contributed by atoms with Gasteiger partial charge in [-0.1, -0.05) is 12.1 Å². The zero-order chi connectivity index (χ0) is 10.4. The predicted octanol–water partition coefficient (Wildman–Crippen LogP) is 0.832. The molecule has 0 saturated carbocycles. The van der Waals surface area contributed by atoms with E-state index >= 15 is 0 Å². The molecule has 0 radical (unpaired) electrons. The molecule has 0 fully saturated rings. The number of primary amides is 1. The van der Waals surface area contributed by atoms with Crippen LogP contribution >= 0.6 is 11.8 Å². The minimum atomic E-state index is -0.379. The van der Waals surface area contributed by atoms with Gasteiger partial charge < -0.3 is 11.1 Å². The van der Waals surface area contributed by atoms with Gasteiger partial charge in [-0.25, -0.2) is 0 Å². The number of hydrogen-bond donors (Lipinski definition) is 2. The lowest BCUT2D eigenvalue weighted by Crippen LogP contribution is -2.13. The third-order valence-electron chi connectivity index (χ3n) is 1.47. The fourth-order valence-electron chi connectivity index (χ4n) is 0.924. The summed E-state index contributed by atoms with van der Waals surface area (Å²) in [5.74, 6) is -0.173. The van der Waals surface area contributed by atoms with Crippen molar-refractivity contribution >= 4 is 29.8 Å². The molecule has 0 heterocycles. The Morgan fingerprint density at radius 2 is 2.21 bits per heavy atom. The van der Waals surface area contributed by atoms with E-state index in [4.69, 9.17) is 5.73 Å². The second-order valence-electron chi connectivity index (χ2n) is 2.51. The second-order valence-corrected chi connectivity index (χ2v) is 3.53. The molecule has 1 aromatic rings. The molecule has 3 N–H and O–H groups in total. The van der Waals surface area contributed by atoms with E-state index in [1.54, 1.807) is 12.1 Å². The summed E-state index contributed by atoms with van der Waals surface area (Å²) in [4.78, 5) is 21.6. The average molecular weight is 210 g/mol. The van der Waals surface area contributed by atoms with Crippen molar-refractivity contribution in [2.45, 2.75) is 4.90 Å². The molecule has 4 nitrogen and oxygen atoms in total. The Labute approximate surface area is 85.9 Å². The zero-order valence-corrected chi connectivity index (χ0v) is 8.21. The number of anilines is 1. The first kappa shape index (κ1) is 10.6. The number of thioether (sulfide) groups is 1. The quantitative estimate of drug-likeness (QED) is 0.558. The molecular formula is C9H10N2O2S. The van der Waals surface area contributed by atoms with Crippen LogP contribution in [0.15, 0.2) is 29.2 Å². The lowest BCUT2D eigenvalue weighted by Gasteiger charge is -2.05. The Bertz CT molecular complexity index is 341. The summed E-state index contributed by atoms with van der Waals surface area (Å²) < 4.78 is 0. The highest BCUT2D eigenvalue weighted by Crippen LogP contribution is 2.25. The first-order valence-electron chi connectivity index (χ1n) is 3.94. The van der Waals surface area contributed by atoms with Gasteiger partial charge in [0.2, 0.25) is 12.3 Å². The van der Waals surface area contributed by atoms with Gasteiger partial charge in [-0.2, -0.15) is 0 Å². The van der Waals surface area contributed by atoms with Crippen LogP contribution < -0.4 is 11.1 Å². The van der Waals surface area contributed by atoms with Crippen molar-refractivity contribution < 1.29 is 9.59 Å². The van der Waals surface area contributed by atoms with Crippen LogP contribution in [0.4, 0.5) is 5.69 Å². The van der Waals surface area contributed by atoms with Crippen LogP contribution in [-0.4, -0.2) is 18.1 Å². The number of carbonyl (C=O) groups excluding carboxylic acids is 2. The number of hydrogen-bond acceptors (Lipinski definition) is 3. The van der Waals surface area contributed by atoms with E-state index in [2.05, 4.69) is 5.32 Å². The summed E-state index contributed by atoms with van der Waals surface area (Å²) in [6, 6.07) is 7.22. The Kier molecular flexibility index (Phi) is 4.00. The van der Waals surface area contributed by atoms with Gasteiger partial charge in [0, 0.05) is 4.90 Å². The molecule has 5 heteroatoms. The van der Waals surface area contributed by atoms with Crippen molar-refractivity contribution in [3.05, 3.63) is 24.3 Å². The molecule has 0 unspecified atom stereocenters. The van der Waals surface area contributed by atoms with Gasteiger partial charge in [-0.05, 0) is 12.1 Å². The fraction of sp³-hybridized carbons (Fsp3) is 0.111. The Balaban J connectivity index is 2.73. The molecule has 1 rings (SSSR count). The van der Waals surface area contributed by atoms with E-state index in [1.807, 2.05) is 12.1 Å². The minimum absolute atomic E-state index is 0.206. The van der Waals surface area contributed by atoms with E-state index in [-0.39, 0.29) is 11.7 Å². The Hall–Kier alpha value is -1.49. The number of nitrogens with two attached hydrogens (primary N) is 1. The molecule has 0 saturated heterocycles. The molecule has 1 aromatic carbocycles. The van der Waals surface area contributed by atoms with Gasteiger partial charge in [-0.3, -0.25) is 9.59 Å². The Morgan fingerprint density at radius 1 is 1.50 bits per heavy atom. The highest BCUT2D eigenvalue weighted by Gasteiger charge is 2.02. The summed E-state index contributed by atoms with van der Waals surface area (Å²) in [6.45, 7) is 0. The van der Waals surface area contributed by atoms with Crippen molar-refractivity contribution in [3.8, 4) is 0 Å². The molecule has 74 valence electrons. The van der Waals surface area contributed by atoms with E-state index in [1.165, 1.54) is 11.8 Å². The summed E-state index contributed by atoms with van der Waals surface area (Å²) in [5.41, 5.74) is 5.70. The molecule has 0 aliphatic carbocycles. The molecule has 0 aliphatic rings. The number of para-hydroxylation sites is 1. The van der Waals surface area contributed by atoms with Gasteiger partial charge in [0.05, 0.1) is 11.4 Å².